The van der Waals surface area contributed by atoms with Crippen molar-refractivity contribution in [2.24, 2.45) is 0 Å². The summed E-state index contributed by atoms with van der Waals surface area (Å²) in [6.07, 6.45) is 0. The summed E-state index contributed by atoms with van der Waals surface area (Å²) in [5.74, 6) is -0.859. The van der Waals surface area contributed by atoms with Gasteiger partial charge in [0, 0.05) is 0 Å². The van der Waals surface area contributed by atoms with Crippen LogP contribution in [0.1, 0.15) is 10.4 Å². The Morgan fingerprint density at radius 3 is 2.71 bits per heavy atom. The molecule has 0 aliphatic carbocycles. The van der Waals surface area contributed by atoms with Gasteiger partial charge in [0.1, 0.15) is 10.6 Å². The molecule has 0 N–H and O–H groups in total. The number of carbonyl (C=O) groups excluding carboxylic acids is 1. The standard InChI is InChI=1S/C9H7Br2FO2/c1-14-9(13)8(11)5-2-3-6(10)7(12)4-5/h2-4,8H,1H3. The molecule has 0 saturated carbocycles. The molecule has 1 unspecified atom stereocenters. The number of methoxy groups -OCH3 is 1. The number of esters is 1. The number of ether oxygens (including phenoxy) is 1. The van der Waals surface area contributed by atoms with E-state index in [-0.39, 0.29) is 0 Å². The van der Waals surface area contributed by atoms with Crippen molar-refractivity contribution >= 4 is 37.8 Å². The van der Waals surface area contributed by atoms with Crippen LogP contribution in [0.2, 0.25) is 0 Å². The van der Waals surface area contributed by atoms with E-state index in [0.717, 1.165) is 0 Å². The molecule has 0 aliphatic heterocycles. The van der Waals surface area contributed by atoms with E-state index in [1.165, 1.54) is 13.2 Å². The quantitative estimate of drug-likeness (QED) is 0.616. The van der Waals surface area contributed by atoms with E-state index >= 15 is 0 Å². The summed E-state index contributed by atoms with van der Waals surface area (Å²) in [5.41, 5.74) is 0.526. The molecule has 0 heterocycles. The average Bonchev–Trinajstić information content (AvgIpc) is 2.20. The summed E-state index contributed by atoms with van der Waals surface area (Å²) in [6.45, 7) is 0. The van der Waals surface area contributed by atoms with Crippen LogP contribution in [-0.4, -0.2) is 13.1 Å². The number of carbonyl (C=O) groups is 1. The first kappa shape index (κ1) is 11.7. The predicted molar refractivity (Wildman–Crippen MR) is 57.8 cm³/mol. The van der Waals surface area contributed by atoms with Crippen molar-refractivity contribution in [1.29, 1.82) is 0 Å². The van der Waals surface area contributed by atoms with E-state index in [9.17, 15) is 9.18 Å². The molecule has 76 valence electrons. The van der Waals surface area contributed by atoms with Gasteiger partial charge in [0.05, 0.1) is 11.6 Å². The highest BCUT2D eigenvalue weighted by Crippen LogP contribution is 2.27. The molecule has 1 aromatic rings. The zero-order valence-corrected chi connectivity index (χ0v) is 10.4. The van der Waals surface area contributed by atoms with Crippen molar-refractivity contribution in [2.45, 2.75) is 4.83 Å². The van der Waals surface area contributed by atoms with Crippen molar-refractivity contribution in [3.8, 4) is 0 Å². The molecule has 0 fully saturated rings. The zero-order valence-electron chi connectivity index (χ0n) is 7.26. The summed E-state index contributed by atoms with van der Waals surface area (Å²) in [5, 5.41) is 0. The Hall–Kier alpha value is -0.420. The molecular weight excluding hydrogens is 319 g/mol. The normalized spacial score (nSPS) is 12.3. The van der Waals surface area contributed by atoms with Crippen LogP contribution in [0.3, 0.4) is 0 Å². The summed E-state index contributed by atoms with van der Waals surface area (Å²) >= 11 is 6.14. The van der Waals surface area contributed by atoms with Gasteiger partial charge in [0.2, 0.25) is 0 Å². The van der Waals surface area contributed by atoms with Gasteiger partial charge in [-0.15, -0.1) is 0 Å². The molecule has 0 bridgehead atoms. The number of hydrogen-bond donors (Lipinski definition) is 0. The minimum absolute atomic E-state index is 0.366. The highest BCUT2D eigenvalue weighted by atomic mass is 79.9. The van der Waals surface area contributed by atoms with Crippen LogP contribution in [-0.2, 0) is 9.53 Å². The number of hydrogen-bond acceptors (Lipinski definition) is 2. The third kappa shape index (κ3) is 2.54. The molecular formula is C9H7Br2FO2. The molecule has 14 heavy (non-hydrogen) atoms. The molecule has 0 aromatic heterocycles. The molecule has 0 amide bonds. The Morgan fingerprint density at radius 2 is 2.21 bits per heavy atom. The maximum absolute atomic E-state index is 13.1. The molecule has 2 nitrogen and oxygen atoms in total. The minimum Gasteiger partial charge on any atom is -0.468 e. The summed E-state index contributed by atoms with van der Waals surface area (Å²) in [7, 11) is 1.28. The Labute approximate surface area is 97.7 Å². The Kier molecular flexibility index (Phi) is 4.07. The van der Waals surface area contributed by atoms with Gasteiger partial charge in [-0.25, -0.2) is 4.39 Å². The molecule has 1 atom stereocenters. The monoisotopic (exact) mass is 324 g/mol. The van der Waals surface area contributed by atoms with Crippen molar-refractivity contribution in [2.75, 3.05) is 7.11 Å². The van der Waals surface area contributed by atoms with Gasteiger partial charge < -0.3 is 4.74 Å². The van der Waals surface area contributed by atoms with Crippen molar-refractivity contribution in [3.63, 3.8) is 0 Å². The van der Waals surface area contributed by atoms with Crippen molar-refractivity contribution in [3.05, 3.63) is 34.1 Å². The highest BCUT2D eigenvalue weighted by molar-refractivity contribution is 9.10. The largest absolute Gasteiger partial charge is 0.468 e. The molecule has 0 radical (unpaired) electrons. The first-order valence-electron chi connectivity index (χ1n) is 3.73. The van der Waals surface area contributed by atoms with E-state index in [1.807, 2.05) is 0 Å². The number of alkyl halides is 1. The van der Waals surface area contributed by atoms with Crippen LogP contribution in [0.25, 0.3) is 0 Å². The second-order valence-electron chi connectivity index (χ2n) is 2.56. The van der Waals surface area contributed by atoms with Gasteiger partial charge in [-0.05, 0) is 33.6 Å². The van der Waals surface area contributed by atoms with E-state index < -0.39 is 16.6 Å². The first-order valence-corrected chi connectivity index (χ1v) is 5.44. The lowest BCUT2D eigenvalue weighted by molar-refractivity contribution is -0.139. The molecule has 5 heteroatoms. The number of benzene rings is 1. The number of halogens is 3. The minimum atomic E-state index is -0.630. The fourth-order valence-electron chi connectivity index (χ4n) is 0.910. The van der Waals surface area contributed by atoms with Gasteiger partial charge in [-0.1, -0.05) is 22.0 Å². The predicted octanol–water partition coefficient (Wildman–Crippen LogP) is 3.20. The highest BCUT2D eigenvalue weighted by Gasteiger charge is 2.18. The third-order valence-corrected chi connectivity index (χ3v) is 3.19. The number of rotatable bonds is 2. The van der Waals surface area contributed by atoms with Gasteiger partial charge >= 0.3 is 5.97 Å². The van der Waals surface area contributed by atoms with E-state index in [0.29, 0.717) is 10.0 Å². The molecule has 0 spiro atoms. The third-order valence-electron chi connectivity index (χ3n) is 1.64. The summed E-state index contributed by atoms with van der Waals surface area (Å²) < 4.78 is 18.0. The molecule has 1 aromatic carbocycles. The summed E-state index contributed by atoms with van der Waals surface area (Å²) in [4.78, 5) is 10.5. The van der Waals surface area contributed by atoms with Crippen LogP contribution < -0.4 is 0 Å². The molecule has 1 rings (SSSR count). The topological polar surface area (TPSA) is 26.3 Å². The fourth-order valence-corrected chi connectivity index (χ4v) is 1.63. The SMILES string of the molecule is COC(=O)C(Br)c1ccc(Br)c(F)c1. The van der Waals surface area contributed by atoms with Crippen molar-refractivity contribution < 1.29 is 13.9 Å². The van der Waals surface area contributed by atoms with Crippen LogP contribution in [0, 0.1) is 5.82 Å². The zero-order chi connectivity index (χ0) is 10.7. The van der Waals surface area contributed by atoms with Crippen LogP contribution in [0.4, 0.5) is 4.39 Å². The van der Waals surface area contributed by atoms with Crippen molar-refractivity contribution in [1.82, 2.24) is 0 Å². The van der Waals surface area contributed by atoms with Gasteiger partial charge in [-0.2, -0.15) is 0 Å². The second kappa shape index (κ2) is 4.89. The van der Waals surface area contributed by atoms with Gasteiger partial charge in [-0.3, -0.25) is 4.79 Å². The lowest BCUT2D eigenvalue weighted by Gasteiger charge is -2.07. The van der Waals surface area contributed by atoms with Crippen LogP contribution in [0.15, 0.2) is 22.7 Å². The molecule has 0 aliphatic rings. The van der Waals surface area contributed by atoms with Crippen LogP contribution >= 0.6 is 31.9 Å². The summed E-state index contributed by atoms with van der Waals surface area (Å²) in [6, 6.07) is 4.46. The fraction of sp³-hybridized carbons (Fsp3) is 0.222. The van der Waals surface area contributed by atoms with Gasteiger partial charge in [0.25, 0.3) is 0 Å². The smallest absolute Gasteiger partial charge is 0.323 e. The Bertz CT molecular complexity index is 355. The maximum atomic E-state index is 13.1. The lowest BCUT2D eigenvalue weighted by atomic mass is 10.1. The first-order chi connectivity index (χ1) is 6.56. The van der Waals surface area contributed by atoms with Gasteiger partial charge in [0.15, 0.2) is 0 Å². The second-order valence-corrected chi connectivity index (χ2v) is 4.33. The molecule has 0 saturated heterocycles. The van der Waals surface area contributed by atoms with E-state index in [4.69, 9.17) is 0 Å². The van der Waals surface area contributed by atoms with E-state index in [1.54, 1.807) is 12.1 Å². The maximum Gasteiger partial charge on any atom is 0.323 e. The average molecular weight is 326 g/mol. The Balaban J connectivity index is 2.96. The van der Waals surface area contributed by atoms with E-state index in [2.05, 4.69) is 36.6 Å². The lowest BCUT2D eigenvalue weighted by Crippen LogP contribution is -2.08. The van der Waals surface area contributed by atoms with Crippen LogP contribution in [0.5, 0.6) is 0 Å². The Morgan fingerprint density at radius 1 is 1.57 bits per heavy atom.